The molecule has 1 amide bonds. The lowest BCUT2D eigenvalue weighted by Gasteiger charge is -2.25. The van der Waals surface area contributed by atoms with Crippen molar-refractivity contribution >= 4 is 40.8 Å². The molecule has 0 saturated carbocycles. The van der Waals surface area contributed by atoms with Crippen LogP contribution in [-0.4, -0.2) is 52.3 Å². The lowest BCUT2D eigenvalue weighted by molar-refractivity contribution is -0.129. The fourth-order valence-electron chi connectivity index (χ4n) is 3.44. The average Bonchev–Trinajstić information content (AvgIpc) is 3.31. The van der Waals surface area contributed by atoms with Crippen LogP contribution in [0, 0.1) is 0 Å². The van der Waals surface area contributed by atoms with Gasteiger partial charge in [0.25, 0.3) is 0 Å². The number of fused-ring (bicyclic) bond motifs is 1. The predicted octanol–water partition coefficient (Wildman–Crippen LogP) is 4.27. The van der Waals surface area contributed by atoms with Gasteiger partial charge in [0.1, 0.15) is 0 Å². The first-order valence-electron chi connectivity index (χ1n) is 9.52. The molecule has 0 radical (unpaired) electrons. The first kappa shape index (κ1) is 19.8. The average molecular weight is 438 g/mol. The first-order chi connectivity index (χ1) is 13.7. The standard InChI is InChI=1S/C19H23N3O3S3/c1-2-26-18-20-21-19(28-18)27-12-17(23)22-8-3-5-14(22)13-6-7-15-16(11-13)25-10-4-9-24-15/h6-7,11,14H,2-5,8-10,12H2,1H3/t14-/m1/s1. The second kappa shape index (κ2) is 9.37. The molecule has 3 heterocycles. The Balaban J connectivity index is 1.41. The SMILES string of the molecule is CCSc1nnc(SCC(=O)N2CCC[C@@H]2c2ccc3c(c2)OCCCO3)s1. The summed E-state index contributed by atoms with van der Waals surface area (Å²) in [6, 6.07) is 6.18. The van der Waals surface area contributed by atoms with Gasteiger partial charge in [-0.3, -0.25) is 4.79 Å². The van der Waals surface area contributed by atoms with Crippen LogP contribution < -0.4 is 9.47 Å². The highest BCUT2D eigenvalue weighted by molar-refractivity contribution is 8.03. The molecule has 28 heavy (non-hydrogen) atoms. The summed E-state index contributed by atoms with van der Waals surface area (Å²) in [5, 5.41) is 8.33. The Hall–Kier alpha value is -1.45. The second-order valence-corrected chi connectivity index (χ2v) is 10.3. The van der Waals surface area contributed by atoms with E-state index < -0.39 is 0 Å². The monoisotopic (exact) mass is 437 g/mol. The van der Waals surface area contributed by atoms with Crippen molar-refractivity contribution in [3.63, 3.8) is 0 Å². The molecule has 9 heteroatoms. The van der Waals surface area contributed by atoms with Crippen molar-refractivity contribution in [2.75, 3.05) is 31.3 Å². The van der Waals surface area contributed by atoms with Crippen LogP contribution in [0.3, 0.4) is 0 Å². The first-order valence-corrected chi connectivity index (χ1v) is 12.3. The Kier molecular flexibility index (Phi) is 6.64. The Morgan fingerprint density at radius 3 is 2.79 bits per heavy atom. The smallest absolute Gasteiger partial charge is 0.233 e. The zero-order chi connectivity index (χ0) is 19.3. The molecule has 1 fully saturated rings. The quantitative estimate of drug-likeness (QED) is 0.625. The van der Waals surface area contributed by atoms with Gasteiger partial charge in [-0.05, 0) is 36.3 Å². The molecule has 1 aromatic heterocycles. The molecule has 1 atom stereocenters. The van der Waals surface area contributed by atoms with E-state index in [4.69, 9.17) is 9.47 Å². The molecule has 0 aliphatic carbocycles. The summed E-state index contributed by atoms with van der Waals surface area (Å²) in [4.78, 5) is 14.9. The number of hydrogen-bond donors (Lipinski definition) is 0. The Labute approximate surface area is 177 Å². The third-order valence-electron chi connectivity index (χ3n) is 4.70. The van der Waals surface area contributed by atoms with Gasteiger partial charge in [-0.15, -0.1) is 10.2 Å². The van der Waals surface area contributed by atoms with E-state index in [2.05, 4.69) is 23.2 Å². The van der Waals surface area contributed by atoms with Crippen LogP contribution >= 0.6 is 34.9 Å². The topological polar surface area (TPSA) is 64.6 Å². The summed E-state index contributed by atoms with van der Waals surface area (Å²) in [5.74, 6) is 3.11. The lowest BCUT2D eigenvalue weighted by atomic mass is 10.0. The number of nitrogens with zero attached hydrogens (tertiary/aromatic N) is 3. The van der Waals surface area contributed by atoms with Gasteiger partial charge in [0.2, 0.25) is 5.91 Å². The molecule has 2 aromatic rings. The van der Waals surface area contributed by atoms with Crippen LogP contribution in [0.2, 0.25) is 0 Å². The summed E-state index contributed by atoms with van der Waals surface area (Å²) in [7, 11) is 0. The van der Waals surface area contributed by atoms with Crippen molar-refractivity contribution in [1.29, 1.82) is 0 Å². The second-order valence-electron chi connectivity index (χ2n) is 6.56. The lowest BCUT2D eigenvalue weighted by Crippen LogP contribution is -2.32. The molecule has 0 N–H and O–H groups in total. The van der Waals surface area contributed by atoms with E-state index in [1.165, 1.54) is 11.8 Å². The van der Waals surface area contributed by atoms with E-state index in [0.29, 0.717) is 19.0 Å². The zero-order valence-corrected chi connectivity index (χ0v) is 18.2. The van der Waals surface area contributed by atoms with E-state index >= 15 is 0 Å². The number of likely N-dealkylation sites (tertiary alicyclic amines) is 1. The molecule has 0 unspecified atom stereocenters. The van der Waals surface area contributed by atoms with Crippen molar-refractivity contribution in [2.24, 2.45) is 0 Å². The molecule has 6 nitrogen and oxygen atoms in total. The van der Waals surface area contributed by atoms with Crippen LogP contribution in [0.1, 0.15) is 37.8 Å². The van der Waals surface area contributed by atoms with Crippen LogP contribution in [0.5, 0.6) is 11.5 Å². The number of carbonyl (C=O) groups is 1. The van der Waals surface area contributed by atoms with E-state index in [1.54, 1.807) is 23.1 Å². The van der Waals surface area contributed by atoms with E-state index in [1.807, 2.05) is 17.0 Å². The van der Waals surface area contributed by atoms with Gasteiger partial charge in [0.15, 0.2) is 20.2 Å². The Bertz CT molecular complexity index is 830. The molecular formula is C19H23N3O3S3. The van der Waals surface area contributed by atoms with Gasteiger partial charge in [-0.25, -0.2) is 0 Å². The van der Waals surface area contributed by atoms with E-state index in [0.717, 1.165) is 57.3 Å². The number of benzene rings is 1. The third kappa shape index (κ3) is 4.58. The largest absolute Gasteiger partial charge is 0.490 e. The zero-order valence-electron chi connectivity index (χ0n) is 15.8. The van der Waals surface area contributed by atoms with Crippen LogP contribution in [0.15, 0.2) is 26.9 Å². The van der Waals surface area contributed by atoms with E-state index in [9.17, 15) is 4.79 Å². The number of carbonyl (C=O) groups excluding carboxylic acids is 1. The summed E-state index contributed by atoms with van der Waals surface area (Å²) < 4.78 is 13.4. The summed E-state index contributed by atoms with van der Waals surface area (Å²) in [5.41, 5.74) is 1.12. The van der Waals surface area contributed by atoms with Crippen LogP contribution in [0.4, 0.5) is 0 Å². The Morgan fingerprint density at radius 2 is 1.96 bits per heavy atom. The normalized spacial score (nSPS) is 18.9. The summed E-state index contributed by atoms with van der Waals surface area (Å²) in [6.45, 7) is 4.24. The maximum Gasteiger partial charge on any atom is 0.233 e. The van der Waals surface area contributed by atoms with Crippen molar-refractivity contribution in [1.82, 2.24) is 15.1 Å². The molecule has 4 rings (SSSR count). The fraction of sp³-hybridized carbons (Fsp3) is 0.526. The van der Waals surface area contributed by atoms with Crippen molar-refractivity contribution in [3.05, 3.63) is 23.8 Å². The van der Waals surface area contributed by atoms with Gasteiger partial charge in [0.05, 0.1) is 25.0 Å². The third-order valence-corrected chi connectivity index (χ3v) is 7.76. The highest BCUT2D eigenvalue weighted by Gasteiger charge is 2.30. The summed E-state index contributed by atoms with van der Waals surface area (Å²) in [6.07, 6.45) is 2.89. The van der Waals surface area contributed by atoms with Gasteiger partial charge in [-0.1, -0.05) is 47.9 Å². The number of rotatable bonds is 6. The van der Waals surface area contributed by atoms with Crippen molar-refractivity contribution in [2.45, 2.75) is 40.9 Å². The minimum atomic E-state index is 0.103. The molecule has 2 aliphatic heterocycles. The Morgan fingerprint density at radius 1 is 1.18 bits per heavy atom. The van der Waals surface area contributed by atoms with E-state index in [-0.39, 0.29) is 11.9 Å². The molecule has 0 spiro atoms. The number of thioether (sulfide) groups is 2. The summed E-state index contributed by atoms with van der Waals surface area (Å²) >= 11 is 4.72. The van der Waals surface area contributed by atoms with Gasteiger partial charge in [0, 0.05) is 13.0 Å². The minimum Gasteiger partial charge on any atom is -0.490 e. The molecule has 1 aromatic carbocycles. The van der Waals surface area contributed by atoms with Gasteiger partial charge in [-0.2, -0.15) is 0 Å². The number of hydrogen-bond acceptors (Lipinski definition) is 8. The molecule has 150 valence electrons. The highest BCUT2D eigenvalue weighted by Crippen LogP contribution is 2.38. The van der Waals surface area contributed by atoms with Crippen molar-refractivity contribution in [3.8, 4) is 11.5 Å². The predicted molar refractivity (Wildman–Crippen MR) is 113 cm³/mol. The molecule has 2 aliphatic rings. The maximum absolute atomic E-state index is 12.9. The highest BCUT2D eigenvalue weighted by atomic mass is 32.2. The fourth-order valence-corrected chi connectivity index (χ4v) is 6.25. The van der Waals surface area contributed by atoms with Gasteiger partial charge < -0.3 is 14.4 Å². The van der Waals surface area contributed by atoms with Crippen LogP contribution in [0.25, 0.3) is 0 Å². The maximum atomic E-state index is 12.9. The minimum absolute atomic E-state index is 0.103. The number of ether oxygens (including phenoxy) is 2. The van der Waals surface area contributed by atoms with Gasteiger partial charge >= 0.3 is 0 Å². The number of aromatic nitrogens is 2. The molecule has 0 bridgehead atoms. The molecule has 1 saturated heterocycles. The number of amides is 1. The molecular weight excluding hydrogens is 414 g/mol. The van der Waals surface area contributed by atoms with Crippen molar-refractivity contribution < 1.29 is 14.3 Å². The van der Waals surface area contributed by atoms with Crippen LogP contribution in [-0.2, 0) is 4.79 Å².